The zero-order chi connectivity index (χ0) is 13.7. The Morgan fingerprint density at radius 2 is 1.94 bits per heavy atom. The zero-order valence-electron chi connectivity index (χ0n) is 11.1. The van der Waals surface area contributed by atoms with Crippen LogP contribution in [-0.2, 0) is 0 Å². The van der Waals surface area contributed by atoms with E-state index in [0.717, 1.165) is 19.5 Å². The Balaban J connectivity index is 2.83. The van der Waals surface area contributed by atoms with Crippen LogP contribution in [0.25, 0.3) is 0 Å². The molecule has 0 saturated carbocycles. The number of halogens is 3. The standard InChI is InChI=1S/C14H20BrF2N/c1-4-7-18-8-9(2)10(3)13-12(16)6-5-11(15)14(13)17/h5-6,9-10,18H,4,7-8H2,1-3H3. The molecule has 18 heavy (non-hydrogen) atoms. The summed E-state index contributed by atoms with van der Waals surface area (Å²) in [6.45, 7) is 7.66. The van der Waals surface area contributed by atoms with Crippen molar-refractivity contribution >= 4 is 15.9 Å². The van der Waals surface area contributed by atoms with Crippen LogP contribution in [0.2, 0.25) is 0 Å². The van der Waals surface area contributed by atoms with E-state index >= 15 is 0 Å². The van der Waals surface area contributed by atoms with E-state index in [4.69, 9.17) is 0 Å². The molecule has 1 nitrogen and oxygen atoms in total. The first kappa shape index (κ1) is 15.6. The Morgan fingerprint density at radius 1 is 1.28 bits per heavy atom. The van der Waals surface area contributed by atoms with E-state index in [1.807, 2.05) is 13.8 Å². The Hall–Kier alpha value is -0.480. The highest BCUT2D eigenvalue weighted by Gasteiger charge is 2.22. The minimum atomic E-state index is -0.482. The van der Waals surface area contributed by atoms with E-state index in [2.05, 4.69) is 28.2 Å². The lowest BCUT2D eigenvalue weighted by atomic mass is 9.88. The molecule has 0 aliphatic heterocycles. The van der Waals surface area contributed by atoms with Gasteiger partial charge in [-0.3, -0.25) is 0 Å². The summed E-state index contributed by atoms with van der Waals surface area (Å²) in [5.41, 5.74) is 0.176. The van der Waals surface area contributed by atoms with Gasteiger partial charge in [0.2, 0.25) is 0 Å². The van der Waals surface area contributed by atoms with Crippen LogP contribution in [0, 0.1) is 17.6 Å². The van der Waals surface area contributed by atoms with Crippen LogP contribution in [0.3, 0.4) is 0 Å². The Labute approximate surface area is 116 Å². The van der Waals surface area contributed by atoms with Gasteiger partial charge in [-0.15, -0.1) is 0 Å². The van der Waals surface area contributed by atoms with Gasteiger partial charge in [0.1, 0.15) is 11.6 Å². The summed E-state index contributed by atoms with van der Waals surface area (Å²) in [6.07, 6.45) is 1.06. The first-order valence-electron chi connectivity index (χ1n) is 6.33. The molecule has 0 radical (unpaired) electrons. The van der Waals surface area contributed by atoms with Gasteiger partial charge in [-0.1, -0.05) is 20.8 Å². The summed E-state index contributed by atoms with van der Waals surface area (Å²) < 4.78 is 28.0. The lowest BCUT2D eigenvalue weighted by Gasteiger charge is -2.22. The smallest absolute Gasteiger partial charge is 0.143 e. The quantitative estimate of drug-likeness (QED) is 0.602. The molecule has 4 heteroatoms. The highest BCUT2D eigenvalue weighted by molar-refractivity contribution is 9.10. The monoisotopic (exact) mass is 319 g/mol. The van der Waals surface area contributed by atoms with Gasteiger partial charge >= 0.3 is 0 Å². The van der Waals surface area contributed by atoms with E-state index < -0.39 is 11.6 Å². The first-order chi connectivity index (χ1) is 8.49. The predicted octanol–water partition coefficient (Wildman–Crippen LogP) is 4.47. The molecular formula is C14H20BrF2N. The third kappa shape index (κ3) is 3.75. The number of hydrogen-bond acceptors (Lipinski definition) is 1. The van der Waals surface area contributed by atoms with E-state index in [1.54, 1.807) is 0 Å². The summed E-state index contributed by atoms with van der Waals surface area (Å²) in [6, 6.07) is 2.71. The molecule has 0 aromatic heterocycles. The molecule has 0 amide bonds. The van der Waals surface area contributed by atoms with Crippen LogP contribution in [0.4, 0.5) is 8.78 Å². The van der Waals surface area contributed by atoms with Crippen LogP contribution in [0.15, 0.2) is 16.6 Å². The molecule has 0 fully saturated rings. The van der Waals surface area contributed by atoms with Crippen molar-refractivity contribution in [2.24, 2.45) is 5.92 Å². The maximum Gasteiger partial charge on any atom is 0.143 e. The van der Waals surface area contributed by atoms with Crippen molar-refractivity contribution < 1.29 is 8.78 Å². The van der Waals surface area contributed by atoms with Crippen LogP contribution < -0.4 is 5.32 Å². The molecule has 102 valence electrons. The molecule has 0 saturated heterocycles. The van der Waals surface area contributed by atoms with Gasteiger partial charge in [-0.25, -0.2) is 8.78 Å². The molecule has 0 aliphatic carbocycles. The topological polar surface area (TPSA) is 12.0 Å². The third-order valence-electron chi connectivity index (χ3n) is 3.28. The normalized spacial score (nSPS) is 14.6. The molecule has 1 aromatic rings. The molecule has 0 bridgehead atoms. The van der Waals surface area contributed by atoms with Gasteiger partial charge in [0, 0.05) is 5.56 Å². The van der Waals surface area contributed by atoms with Crippen LogP contribution >= 0.6 is 15.9 Å². The van der Waals surface area contributed by atoms with Crippen molar-refractivity contribution in [3.8, 4) is 0 Å². The fraction of sp³-hybridized carbons (Fsp3) is 0.571. The van der Waals surface area contributed by atoms with Gasteiger partial charge in [0.25, 0.3) is 0 Å². The van der Waals surface area contributed by atoms with E-state index in [1.165, 1.54) is 12.1 Å². The van der Waals surface area contributed by atoms with E-state index in [9.17, 15) is 8.78 Å². The van der Waals surface area contributed by atoms with Crippen molar-refractivity contribution in [3.63, 3.8) is 0 Å². The van der Waals surface area contributed by atoms with Gasteiger partial charge in [0.05, 0.1) is 4.47 Å². The summed E-state index contributed by atoms with van der Waals surface area (Å²) in [7, 11) is 0. The Kier molecular flexibility index (Phi) is 6.22. The lowest BCUT2D eigenvalue weighted by molar-refractivity contribution is 0.417. The second kappa shape index (κ2) is 7.19. The Bertz CT molecular complexity index is 396. The van der Waals surface area contributed by atoms with Crippen molar-refractivity contribution in [1.29, 1.82) is 0 Å². The van der Waals surface area contributed by atoms with Crippen molar-refractivity contribution in [2.75, 3.05) is 13.1 Å². The minimum Gasteiger partial charge on any atom is -0.316 e. The highest BCUT2D eigenvalue weighted by Crippen LogP contribution is 2.31. The number of hydrogen-bond donors (Lipinski definition) is 1. The second-order valence-corrected chi connectivity index (χ2v) is 5.58. The van der Waals surface area contributed by atoms with Gasteiger partial charge in [-0.05, 0) is 59.4 Å². The van der Waals surface area contributed by atoms with Gasteiger partial charge < -0.3 is 5.32 Å². The fourth-order valence-electron chi connectivity index (χ4n) is 1.93. The fourth-order valence-corrected chi connectivity index (χ4v) is 2.27. The Morgan fingerprint density at radius 3 is 2.56 bits per heavy atom. The minimum absolute atomic E-state index is 0.160. The number of nitrogens with one attached hydrogen (secondary N) is 1. The molecule has 1 rings (SSSR count). The molecule has 0 heterocycles. The maximum absolute atomic E-state index is 14.0. The molecule has 0 spiro atoms. The zero-order valence-corrected chi connectivity index (χ0v) is 12.7. The van der Waals surface area contributed by atoms with Crippen LogP contribution in [-0.4, -0.2) is 13.1 Å². The summed E-state index contributed by atoms with van der Waals surface area (Å²) in [5, 5.41) is 3.28. The number of rotatable bonds is 6. The van der Waals surface area contributed by atoms with Gasteiger partial charge in [-0.2, -0.15) is 0 Å². The molecule has 1 aromatic carbocycles. The largest absolute Gasteiger partial charge is 0.316 e. The molecule has 2 unspecified atom stereocenters. The maximum atomic E-state index is 14.0. The average molecular weight is 320 g/mol. The highest BCUT2D eigenvalue weighted by atomic mass is 79.9. The predicted molar refractivity (Wildman–Crippen MR) is 74.8 cm³/mol. The van der Waals surface area contributed by atoms with E-state index in [-0.39, 0.29) is 17.4 Å². The van der Waals surface area contributed by atoms with E-state index in [0.29, 0.717) is 4.47 Å². The van der Waals surface area contributed by atoms with Gasteiger partial charge in [0.15, 0.2) is 0 Å². The van der Waals surface area contributed by atoms with Crippen molar-refractivity contribution in [1.82, 2.24) is 5.32 Å². The second-order valence-electron chi connectivity index (χ2n) is 4.73. The third-order valence-corrected chi connectivity index (χ3v) is 3.89. The summed E-state index contributed by atoms with van der Waals surface area (Å²) >= 11 is 3.10. The van der Waals surface area contributed by atoms with Crippen molar-refractivity contribution in [3.05, 3.63) is 33.8 Å². The molecule has 0 aliphatic rings. The molecule has 2 atom stereocenters. The van der Waals surface area contributed by atoms with Crippen molar-refractivity contribution in [2.45, 2.75) is 33.1 Å². The summed E-state index contributed by atoms with van der Waals surface area (Å²) in [5.74, 6) is -0.933. The average Bonchev–Trinajstić information content (AvgIpc) is 2.34. The first-order valence-corrected chi connectivity index (χ1v) is 7.12. The summed E-state index contributed by atoms with van der Waals surface area (Å²) in [4.78, 5) is 0. The molecule has 1 N–H and O–H groups in total. The lowest BCUT2D eigenvalue weighted by Crippen LogP contribution is -2.25. The number of benzene rings is 1. The van der Waals surface area contributed by atoms with Crippen LogP contribution in [0.5, 0.6) is 0 Å². The van der Waals surface area contributed by atoms with Crippen LogP contribution in [0.1, 0.15) is 38.7 Å². The SMILES string of the molecule is CCCNCC(C)C(C)c1c(F)ccc(Br)c1F. The molecular weight excluding hydrogens is 300 g/mol.